The first kappa shape index (κ1) is 18.0. The molecule has 2 aromatic rings. The van der Waals surface area contributed by atoms with Gasteiger partial charge in [0.1, 0.15) is 0 Å². The van der Waals surface area contributed by atoms with Crippen LogP contribution in [0.15, 0.2) is 24.4 Å². The lowest BCUT2D eigenvalue weighted by Gasteiger charge is -2.06. The largest absolute Gasteiger partial charge is 0.361 e. The van der Waals surface area contributed by atoms with E-state index in [9.17, 15) is 9.59 Å². The van der Waals surface area contributed by atoms with Crippen molar-refractivity contribution in [1.29, 1.82) is 0 Å². The number of halogens is 1. The van der Waals surface area contributed by atoms with Gasteiger partial charge in [0, 0.05) is 23.6 Å². The van der Waals surface area contributed by atoms with Crippen LogP contribution in [0.3, 0.4) is 0 Å². The minimum atomic E-state index is -0.336. The second-order valence-corrected chi connectivity index (χ2v) is 4.89. The van der Waals surface area contributed by atoms with Crippen molar-refractivity contribution in [2.75, 3.05) is 19.6 Å². The molecule has 0 saturated heterocycles. The average molecular weight is 325 g/mol. The smallest absolute Gasteiger partial charge is 0.239 e. The van der Waals surface area contributed by atoms with Crippen LogP contribution in [-0.4, -0.2) is 36.4 Å². The van der Waals surface area contributed by atoms with Gasteiger partial charge in [0.25, 0.3) is 0 Å². The number of para-hydroxylation sites is 1. The van der Waals surface area contributed by atoms with Crippen LogP contribution in [-0.2, 0) is 16.0 Å². The number of H-pyrrole nitrogens is 1. The number of amides is 2. The van der Waals surface area contributed by atoms with Gasteiger partial charge in [0.2, 0.25) is 11.8 Å². The zero-order chi connectivity index (χ0) is 15.2. The third kappa shape index (κ3) is 4.47. The molecule has 0 atom stereocenters. The monoisotopic (exact) mass is 324 g/mol. The molecule has 6 nitrogen and oxygen atoms in total. The van der Waals surface area contributed by atoms with Crippen molar-refractivity contribution in [2.24, 2.45) is 5.73 Å². The molecular weight excluding hydrogens is 304 g/mol. The maximum Gasteiger partial charge on any atom is 0.239 e. The lowest BCUT2D eigenvalue weighted by Crippen LogP contribution is -2.40. The number of rotatable bonds is 6. The van der Waals surface area contributed by atoms with E-state index in [0.29, 0.717) is 6.54 Å². The molecule has 0 bridgehead atoms. The molecule has 7 heteroatoms. The lowest BCUT2D eigenvalue weighted by atomic mass is 10.1. The number of aromatic amines is 1. The van der Waals surface area contributed by atoms with E-state index in [0.717, 1.165) is 11.9 Å². The van der Waals surface area contributed by atoms with Crippen LogP contribution in [0.2, 0.25) is 0 Å². The predicted octanol–water partition coefficient (Wildman–Crippen LogP) is 0.632. The summed E-state index contributed by atoms with van der Waals surface area (Å²) in [6.07, 6.45) is 2.71. The zero-order valence-electron chi connectivity index (χ0n) is 12.4. The van der Waals surface area contributed by atoms with E-state index in [-0.39, 0.29) is 37.3 Å². The van der Waals surface area contributed by atoms with Crippen LogP contribution in [0.25, 0.3) is 10.9 Å². The fourth-order valence-electron chi connectivity index (χ4n) is 2.22. The van der Waals surface area contributed by atoms with Crippen molar-refractivity contribution in [1.82, 2.24) is 15.6 Å². The third-order valence-corrected chi connectivity index (χ3v) is 3.36. The Balaban J connectivity index is 0.00000242. The summed E-state index contributed by atoms with van der Waals surface area (Å²) in [5.74, 6) is -0.551. The van der Waals surface area contributed by atoms with E-state index in [4.69, 9.17) is 5.73 Å². The molecule has 2 amide bonds. The van der Waals surface area contributed by atoms with Crippen LogP contribution in [0.4, 0.5) is 0 Å². The van der Waals surface area contributed by atoms with Crippen molar-refractivity contribution in [3.05, 3.63) is 35.5 Å². The fraction of sp³-hybridized carbons (Fsp3) is 0.333. The molecule has 0 aliphatic heterocycles. The van der Waals surface area contributed by atoms with Crippen molar-refractivity contribution < 1.29 is 9.59 Å². The summed E-state index contributed by atoms with van der Waals surface area (Å²) in [7, 11) is 0. The molecule has 0 radical (unpaired) electrons. The van der Waals surface area contributed by atoms with Crippen LogP contribution < -0.4 is 16.4 Å². The van der Waals surface area contributed by atoms with Gasteiger partial charge in [-0.1, -0.05) is 18.2 Å². The third-order valence-electron chi connectivity index (χ3n) is 3.36. The minimum Gasteiger partial charge on any atom is -0.361 e. The molecule has 0 saturated carbocycles. The minimum absolute atomic E-state index is 0. The molecule has 0 unspecified atom stereocenters. The highest BCUT2D eigenvalue weighted by Gasteiger charge is 2.07. The van der Waals surface area contributed by atoms with Crippen molar-refractivity contribution in [3.63, 3.8) is 0 Å². The number of nitrogens with two attached hydrogens (primary N) is 1. The number of hydrogen-bond acceptors (Lipinski definition) is 3. The van der Waals surface area contributed by atoms with Gasteiger partial charge in [-0.3, -0.25) is 9.59 Å². The number of aromatic nitrogens is 1. The Morgan fingerprint density at radius 1 is 1.23 bits per heavy atom. The van der Waals surface area contributed by atoms with E-state index >= 15 is 0 Å². The summed E-state index contributed by atoms with van der Waals surface area (Å²) in [4.78, 5) is 25.7. The molecule has 2 rings (SSSR count). The molecule has 0 aliphatic carbocycles. The Bertz CT molecular complexity index is 654. The summed E-state index contributed by atoms with van der Waals surface area (Å²) < 4.78 is 0. The normalized spacial score (nSPS) is 10.1. The van der Waals surface area contributed by atoms with E-state index in [2.05, 4.69) is 34.7 Å². The predicted molar refractivity (Wildman–Crippen MR) is 89.1 cm³/mol. The van der Waals surface area contributed by atoms with Crippen LogP contribution in [0, 0.1) is 6.92 Å². The lowest BCUT2D eigenvalue weighted by molar-refractivity contribution is -0.125. The highest BCUT2D eigenvalue weighted by atomic mass is 35.5. The van der Waals surface area contributed by atoms with E-state index in [1.54, 1.807) is 0 Å². The molecule has 22 heavy (non-hydrogen) atoms. The number of aryl methyl sites for hydroxylation is 1. The Morgan fingerprint density at radius 3 is 2.73 bits per heavy atom. The molecule has 5 N–H and O–H groups in total. The second kappa shape index (κ2) is 8.41. The Labute approximate surface area is 135 Å². The van der Waals surface area contributed by atoms with Crippen molar-refractivity contribution in [3.8, 4) is 0 Å². The number of fused-ring (bicyclic) bond motifs is 1. The first-order valence-electron chi connectivity index (χ1n) is 6.91. The van der Waals surface area contributed by atoms with Gasteiger partial charge in [0.15, 0.2) is 0 Å². The van der Waals surface area contributed by atoms with E-state index in [1.165, 1.54) is 16.5 Å². The molecule has 0 spiro atoms. The molecule has 120 valence electrons. The highest BCUT2D eigenvalue weighted by Crippen LogP contribution is 2.21. The van der Waals surface area contributed by atoms with Gasteiger partial charge in [-0.2, -0.15) is 0 Å². The standard InChI is InChI=1S/C15H20N4O2.ClH/c1-10-3-2-4-12-11(8-19-15(10)12)5-6-17-14(21)9-18-13(20)7-16;/h2-4,8,19H,5-7,9,16H2,1H3,(H,17,21)(H,18,20);1H. The van der Waals surface area contributed by atoms with Crippen molar-refractivity contribution >= 4 is 35.1 Å². The fourth-order valence-corrected chi connectivity index (χ4v) is 2.22. The molecule has 1 aromatic carbocycles. The number of benzene rings is 1. The van der Waals surface area contributed by atoms with Crippen LogP contribution in [0.1, 0.15) is 11.1 Å². The van der Waals surface area contributed by atoms with Gasteiger partial charge >= 0.3 is 0 Å². The highest BCUT2D eigenvalue weighted by molar-refractivity contribution is 5.87. The van der Waals surface area contributed by atoms with Gasteiger partial charge in [-0.05, 0) is 24.5 Å². The van der Waals surface area contributed by atoms with Crippen LogP contribution in [0.5, 0.6) is 0 Å². The summed E-state index contributed by atoms with van der Waals surface area (Å²) in [6, 6.07) is 6.15. The van der Waals surface area contributed by atoms with Crippen LogP contribution >= 0.6 is 12.4 Å². The number of carbonyl (C=O) groups is 2. The zero-order valence-corrected chi connectivity index (χ0v) is 13.3. The Kier molecular flexibility index (Phi) is 6.88. The number of hydrogen-bond donors (Lipinski definition) is 4. The topological polar surface area (TPSA) is 100 Å². The number of carbonyl (C=O) groups excluding carboxylic acids is 2. The van der Waals surface area contributed by atoms with Gasteiger partial charge in [0.05, 0.1) is 13.1 Å². The van der Waals surface area contributed by atoms with Crippen molar-refractivity contribution in [2.45, 2.75) is 13.3 Å². The summed E-state index contributed by atoms with van der Waals surface area (Å²) in [5, 5.41) is 6.38. The summed E-state index contributed by atoms with van der Waals surface area (Å²) in [5.41, 5.74) is 8.64. The van der Waals surface area contributed by atoms with E-state index in [1.807, 2.05) is 12.3 Å². The first-order chi connectivity index (χ1) is 10.1. The molecule has 1 heterocycles. The first-order valence-corrected chi connectivity index (χ1v) is 6.91. The Morgan fingerprint density at radius 2 is 2.00 bits per heavy atom. The maximum atomic E-state index is 11.5. The van der Waals surface area contributed by atoms with Gasteiger partial charge in [-0.25, -0.2) is 0 Å². The molecular formula is C15H21ClN4O2. The maximum absolute atomic E-state index is 11.5. The second-order valence-electron chi connectivity index (χ2n) is 4.89. The average Bonchev–Trinajstić information content (AvgIpc) is 2.89. The van der Waals surface area contributed by atoms with Gasteiger partial charge in [-0.15, -0.1) is 12.4 Å². The van der Waals surface area contributed by atoms with Gasteiger partial charge < -0.3 is 21.4 Å². The SMILES string of the molecule is Cc1cccc2c(CCNC(=O)CNC(=O)CN)c[nH]c12.Cl. The molecule has 1 aromatic heterocycles. The Hall–Kier alpha value is -2.05. The summed E-state index contributed by atoms with van der Waals surface area (Å²) >= 11 is 0. The summed E-state index contributed by atoms with van der Waals surface area (Å²) in [6.45, 7) is 2.44. The molecule has 0 fully saturated rings. The molecule has 0 aliphatic rings. The number of nitrogens with one attached hydrogen (secondary N) is 3. The van der Waals surface area contributed by atoms with E-state index < -0.39 is 0 Å². The quantitative estimate of drug-likeness (QED) is 0.627.